The predicted molar refractivity (Wildman–Crippen MR) is 68.6 cm³/mol. The van der Waals surface area contributed by atoms with Crippen LogP contribution in [0.1, 0.15) is 24.3 Å². The Bertz CT molecular complexity index is 449. The topological polar surface area (TPSA) is 83.4 Å². The fourth-order valence-electron chi connectivity index (χ4n) is 1.88. The second-order valence-electron chi connectivity index (χ2n) is 4.32. The molecule has 1 fully saturated rings. The van der Waals surface area contributed by atoms with E-state index in [2.05, 4.69) is 9.59 Å². The minimum absolute atomic E-state index is 0.125. The standard InChI is InChI=1S/C10H13N3O3S2/c1-5(2)9-13(7(4-17-9)10(15)16)8(14)6-3-18-12-11-6/h3,5,7,9H,4H2,1-2H3,(H,15,16). The van der Waals surface area contributed by atoms with Gasteiger partial charge in [0.2, 0.25) is 0 Å². The van der Waals surface area contributed by atoms with E-state index in [1.54, 1.807) is 5.38 Å². The number of carbonyl (C=O) groups is 2. The largest absolute Gasteiger partial charge is 0.480 e. The molecule has 18 heavy (non-hydrogen) atoms. The van der Waals surface area contributed by atoms with Gasteiger partial charge in [-0.05, 0) is 17.5 Å². The quantitative estimate of drug-likeness (QED) is 0.898. The highest BCUT2D eigenvalue weighted by molar-refractivity contribution is 8.00. The van der Waals surface area contributed by atoms with E-state index in [0.717, 1.165) is 11.5 Å². The highest BCUT2D eigenvalue weighted by Crippen LogP contribution is 2.35. The second kappa shape index (κ2) is 5.23. The molecule has 0 saturated carbocycles. The van der Waals surface area contributed by atoms with Crippen molar-refractivity contribution >= 4 is 35.2 Å². The predicted octanol–water partition coefficient (Wildman–Crippen LogP) is 1.16. The molecule has 2 rings (SSSR count). The smallest absolute Gasteiger partial charge is 0.327 e. The molecule has 0 bridgehead atoms. The molecule has 2 heterocycles. The van der Waals surface area contributed by atoms with Crippen LogP contribution in [0.2, 0.25) is 0 Å². The molecule has 98 valence electrons. The minimum atomic E-state index is -0.970. The number of carboxylic acids is 1. The molecule has 1 amide bonds. The zero-order chi connectivity index (χ0) is 13.3. The van der Waals surface area contributed by atoms with Gasteiger partial charge in [0.15, 0.2) is 5.69 Å². The highest BCUT2D eigenvalue weighted by Gasteiger charge is 2.43. The van der Waals surface area contributed by atoms with Gasteiger partial charge in [-0.2, -0.15) is 0 Å². The molecule has 1 aromatic heterocycles. The molecule has 0 aliphatic carbocycles. The van der Waals surface area contributed by atoms with Crippen LogP contribution in [0.15, 0.2) is 5.38 Å². The Hall–Kier alpha value is -1.15. The third-order valence-corrected chi connectivity index (χ3v) is 4.83. The van der Waals surface area contributed by atoms with Crippen LogP contribution in [0.25, 0.3) is 0 Å². The number of rotatable bonds is 3. The summed E-state index contributed by atoms with van der Waals surface area (Å²) in [6, 6.07) is -0.781. The van der Waals surface area contributed by atoms with E-state index in [1.165, 1.54) is 16.7 Å². The van der Waals surface area contributed by atoms with Crippen molar-refractivity contribution in [2.24, 2.45) is 5.92 Å². The molecule has 1 aromatic rings. The number of aromatic nitrogens is 2. The molecular formula is C10H13N3O3S2. The Morgan fingerprint density at radius 2 is 2.28 bits per heavy atom. The van der Waals surface area contributed by atoms with Crippen LogP contribution in [0.4, 0.5) is 0 Å². The molecule has 1 N–H and O–H groups in total. The van der Waals surface area contributed by atoms with Crippen molar-refractivity contribution in [2.45, 2.75) is 25.3 Å². The normalized spacial score (nSPS) is 23.6. The van der Waals surface area contributed by atoms with E-state index in [9.17, 15) is 14.7 Å². The fourth-order valence-corrected chi connectivity index (χ4v) is 3.78. The second-order valence-corrected chi connectivity index (χ2v) is 6.08. The minimum Gasteiger partial charge on any atom is -0.480 e. The van der Waals surface area contributed by atoms with E-state index in [0.29, 0.717) is 5.75 Å². The number of amides is 1. The molecule has 1 saturated heterocycles. The summed E-state index contributed by atoms with van der Waals surface area (Å²) < 4.78 is 3.64. The maximum atomic E-state index is 12.3. The zero-order valence-electron chi connectivity index (χ0n) is 9.94. The van der Waals surface area contributed by atoms with Gasteiger partial charge in [0.1, 0.15) is 6.04 Å². The number of aliphatic carboxylic acids is 1. The maximum Gasteiger partial charge on any atom is 0.327 e. The van der Waals surface area contributed by atoms with Gasteiger partial charge >= 0.3 is 5.97 Å². The van der Waals surface area contributed by atoms with Crippen molar-refractivity contribution < 1.29 is 14.7 Å². The molecule has 6 nitrogen and oxygen atoms in total. The van der Waals surface area contributed by atoms with Crippen LogP contribution in [0.5, 0.6) is 0 Å². The number of carboxylic acid groups (broad SMARTS) is 1. The van der Waals surface area contributed by atoms with E-state index in [-0.39, 0.29) is 22.9 Å². The van der Waals surface area contributed by atoms with Gasteiger partial charge in [-0.1, -0.05) is 18.3 Å². The third kappa shape index (κ3) is 2.35. The van der Waals surface area contributed by atoms with Crippen LogP contribution in [0.3, 0.4) is 0 Å². The van der Waals surface area contributed by atoms with E-state index < -0.39 is 12.0 Å². The summed E-state index contributed by atoms with van der Waals surface area (Å²) in [5.41, 5.74) is 0.222. The first kappa shape index (κ1) is 13.3. The summed E-state index contributed by atoms with van der Waals surface area (Å²) in [4.78, 5) is 24.9. The van der Waals surface area contributed by atoms with Crippen molar-refractivity contribution in [3.05, 3.63) is 11.1 Å². The van der Waals surface area contributed by atoms with Crippen LogP contribution in [-0.4, -0.2) is 48.6 Å². The van der Waals surface area contributed by atoms with E-state index >= 15 is 0 Å². The molecular weight excluding hydrogens is 274 g/mol. The van der Waals surface area contributed by atoms with E-state index in [1.807, 2.05) is 13.8 Å². The van der Waals surface area contributed by atoms with Crippen molar-refractivity contribution in [1.29, 1.82) is 0 Å². The van der Waals surface area contributed by atoms with Crippen LogP contribution < -0.4 is 0 Å². The Kier molecular flexibility index (Phi) is 3.86. The molecule has 2 unspecified atom stereocenters. The Balaban J connectivity index is 2.29. The first-order valence-electron chi connectivity index (χ1n) is 5.46. The summed E-state index contributed by atoms with van der Waals surface area (Å²) >= 11 is 2.58. The van der Waals surface area contributed by atoms with Crippen LogP contribution >= 0.6 is 23.3 Å². The van der Waals surface area contributed by atoms with Gasteiger partial charge < -0.3 is 10.0 Å². The van der Waals surface area contributed by atoms with Crippen molar-refractivity contribution in [1.82, 2.24) is 14.5 Å². The first-order valence-corrected chi connectivity index (χ1v) is 7.35. The Labute approximate surface area is 113 Å². The molecule has 1 aliphatic rings. The monoisotopic (exact) mass is 287 g/mol. The average Bonchev–Trinajstić information content (AvgIpc) is 2.97. The third-order valence-electron chi connectivity index (χ3n) is 2.70. The number of carbonyl (C=O) groups excluding carboxylic acids is 1. The van der Waals surface area contributed by atoms with Crippen molar-refractivity contribution in [3.63, 3.8) is 0 Å². The van der Waals surface area contributed by atoms with Gasteiger partial charge in [0.25, 0.3) is 5.91 Å². The summed E-state index contributed by atoms with van der Waals surface area (Å²) in [6.45, 7) is 3.95. The number of thioether (sulfide) groups is 1. The summed E-state index contributed by atoms with van der Waals surface area (Å²) in [5, 5.41) is 14.3. The van der Waals surface area contributed by atoms with E-state index in [4.69, 9.17) is 0 Å². The lowest BCUT2D eigenvalue weighted by atomic mass is 10.1. The van der Waals surface area contributed by atoms with Crippen molar-refractivity contribution in [2.75, 3.05) is 5.75 Å². The van der Waals surface area contributed by atoms with Gasteiger partial charge in [0.05, 0.1) is 5.37 Å². The van der Waals surface area contributed by atoms with Gasteiger partial charge in [-0.25, -0.2) is 4.79 Å². The first-order chi connectivity index (χ1) is 8.52. The van der Waals surface area contributed by atoms with Crippen LogP contribution in [0, 0.1) is 5.92 Å². The summed E-state index contributed by atoms with van der Waals surface area (Å²) in [6.07, 6.45) is 0. The zero-order valence-corrected chi connectivity index (χ0v) is 11.6. The SMILES string of the molecule is CC(C)C1SCC(C(=O)O)N1C(=O)c1csnn1. The summed E-state index contributed by atoms with van der Waals surface area (Å²) in [7, 11) is 0. The number of nitrogens with zero attached hydrogens (tertiary/aromatic N) is 3. The lowest BCUT2D eigenvalue weighted by Gasteiger charge is -2.28. The Morgan fingerprint density at radius 1 is 1.56 bits per heavy atom. The van der Waals surface area contributed by atoms with Gasteiger partial charge in [0, 0.05) is 11.1 Å². The number of hydrogen-bond acceptors (Lipinski definition) is 6. The molecule has 2 atom stereocenters. The molecule has 0 radical (unpaired) electrons. The lowest BCUT2D eigenvalue weighted by molar-refractivity contribution is -0.141. The molecule has 0 spiro atoms. The molecule has 8 heteroatoms. The Morgan fingerprint density at radius 3 is 2.78 bits per heavy atom. The molecule has 0 aromatic carbocycles. The van der Waals surface area contributed by atoms with Crippen LogP contribution in [-0.2, 0) is 4.79 Å². The molecule has 1 aliphatic heterocycles. The lowest BCUT2D eigenvalue weighted by Crippen LogP contribution is -2.47. The maximum absolute atomic E-state index is 12.3. The number of hydrogen-bond donors (Lipinski definition) is 1. The highest BCUT2D eigenvalue weighted by atomic mass is 32.2. The summed E-state index contributed by atoms with van der Waals surface area (Å²) in [5.74, 6) is -0.710. The van der Waals surface area contributed by atoms with Crippen molar-refractivity contribution in [3.8, 4) is 0 Å². The van der Waals surface area contributed by atoms with Gasteiger partial charge in [-0.15, -0.1) is 16.9 Å². The van der Waals surface area contributed by atoms with Gasteiger partial charge in [-0.3, -0.25) is 4.79 Å². The fraction of sp³-hybridized carbons (Fsp3) is 0.600. The average molecular weight is 287 g/mol.